The summed E-state index contributed by atoms with van der Waals surface area (Å²) in [5, 5.41) is 3.39. The van der Waals surface area contributed by atoms with E-state index in [0.29, 0.717) is 0 Å². The Balaban J connectivity index is 2.37. The van der Waals surface area contributed by atoms with Gasteiger partial charge >= 0.3 is 0 Å². The topological polar surface area (TPSA) is 26.2 Å². The highest BCUT2D eigenvalue weighted by atomic mass is 16.5. The van der Waals surface area contributed by atoms with E-state index in [-0.39, 0.29) is 0 Å². The molecule has 17 heavy (non-hydrogen) atoms. The van der Waals surface area contributed by atoms with Crippen molar-refractivity contribution in [3.05, 3.63) is 24.0 Å². The smallest absolute Gasteiger partial charge is 0.0587 e. The monoisotopic (exact) mass is 238 g/mol. The van der Waals surface area contributed by atoms with Crippen LogP contribution in [-0.4, -0.2) is 24.8 Å². The van der Waals surface area contributed by atoms with E-state index in [0.717, 1.165) is 32.2 Å². The summed E-state index contributed by atoms with van der Waals surface area (Å²) in [4.78, 5) is 0. The van der Waals surface area contributed by atoms with Gasteiger partial charge in [-0.05, 0) is 24.5 Å². The van der Waals surface area contributed by atoms with Crippen LogP contribution in [0.5, 0.6) is 0 Å². The maximum Gasteiger partial charge on any atom is 0.0587 e. The highest BCUT2D eigenvalue weighted by Crippen LogP contribution is 2.11. The molecule has 0 bridgehead atoms. The number of ether oxygens (including phenoxy) is 1. The first-order valence-corrected chi connectivity index (χ1v) is 6.61. The van der Waals surface area contributed by atoms with Crippen molar-refractivity contribution in [2.24, 2.45) is 5.92 Å². The molecular weight excluding hydrogens is 212 g/mol. The van der Waals surface area contributed by atoms with Crippen LogP contribution in [0.15, 0.2) is 18.3 Å². The van der Waals surface area contributed by atoms with Gasteiger partial charge in [-0.15, -0.1) is 0 Å². The zero-order valence-corrected chi connectivity index (χ0v) is 11.4. The van der Waals surface area contributed by atoms with Gasteiger partial charge in [0.2, 0.25) is 0 Å². The lowest BCUT2D eigenvalue weighted by molar-refractivity contribution is 0.199. The van der Waals surface area contributed by atoms with Gasteiger partial charge in [0.1, 0.15) is 0 Å². The average Bonchev–Trinajstić information content (AvgIpc) is 2.72. The maximum atomic E-state index is 5.02. The molecule has 0 aliphatic heterocycles. The summed E-state index contributed by atoms with van der Waals surface area (Å²) in [5.74, 6) is 0.755. The van der Waals surface area contributed by atoms with Gasteiger partial charge in [-0.1, -0.05) is 20.3 Å². The van der Waals surface area contributed by atoms with Gasteiger partial charge < -0.3 is 14.6 Å². The third-order valence-electron chi connectivity index (χ3n) is 3.00. The van der Waals surface area contributed by atoms with Crippen molar-refractivity contribution >= 4 is 0 Å². The van der Waals surface area contributed by atoms with Gasteiger partial charge in [0.25, 0.3) is 0 Å². The summed E-state index contributed by atoms with van der Waals surface area (Å²) in [6, 6.07) is 4.32. The Morgan fingerprint density at radius 3 is 3.00 bits per heavy atom. The molecule has 0 radical (unpaired) electrons. The van der Waals surface area contributed by atoms with E-state index in [1.54, 1.807) is 7.11 Å². The van der Waals surface area contributed by atoms with Gasteiger partial charge in [-0.2, -0.15) is 0 Å². The number of nitrogens with zero attached hydrogens (tertiary/aromatic N) is 1. The Bertz CT molecular complexity index is 296. The Morgan fingerprint density at radius 2 is 2.29 bits per heavy atom. The minimum absolute atomic E-state index is 0.755. The first-order chi connectivity index (χ1) is 8.27. The van der Waals surface area contributed by atoms with Crippen LogP contribution in [0.3, 0.4) is 0 Å². The molecule has 1 aromatic rings. The van der Waals surface area contributed by atoms with Crippen LogP contribution >= 0.6 is 0 Å². The third kappa shape index (κ3) is 5.37. The van der Waals surface area contributed by atoms with Crippen LogP contribution in [0.4, 0.5) is 0 Å². The molecule has 0 spiro atoms. The number of hydrogen-bond donors (Lipinski definition) is 1. The van der Waals surface area contributed by atoms with Crippen LogP contribution in [0.2, 0.25) is 0 Å². The number of rotatable bonds is 9. The summed E-state index contributed by atoms with van der Waals surface area (Å²) in [6.07, 6.45) is 4.75. The van der Waals surface area contributed by atoms with Gasteiger partial charge in [-0.3, -0.25) is 0 Å². The molecule has 0 amide bonds. The van der Waals surface area contributed by atoms with Crippen molar-refractivity contribution in [3.63, 3.8) is 0 Å². The molecule has 0 aromatic carbocycles. The van der Waals surface area contributed by atoms with E-state index in [4.69, 9.17) is 4.74 Å². The molecule has 1 N–H and O–H groups in total. The van der Waals surface area contributed by atoms with E-state index in [2.05, 4.69) is 42.1 Å². The molecule has 3 nitrogen and oxygen atoms in total. The van der Waals surface area contributed by atoms with Crippen LogP contribution in [0, 0.1) is 5.92 Å². The average molecular weight is 238 g/mol. The largest absolute Gasteiger partial charge is 0.383 e. The second-order valence-corrected chi connectivity index (χ2v) is 4.72. The molecule has 1 rings (SSSR count). The fraction of sp³-hybridized carbons (Fsp3) is 0.714. The number of methoxy groups -OCH3 is 1. The predicted molar refractivity (Wildman–Crippen MR) is 72.1 cm³/mol. The molecule has 98 valence electrons. The van der Waals surface area contributed by atoms with E-state index in [1.165, 1.54) is 18.5 Å². The zero-order chi connectivity index (χ0) is 12.5. The highest BCUT2D eigenvalue weighted by Gasteiger charge is 2.05. The van der Waals surface area contributed by atoms with Crippen molar-refractivity contribution in [2.75, 3.05) is 20.3 Å². The molecule has 1 aromatic heterocycles. The number of hydrogen-bond acceptors (Lipinski definition) is 2. The fourth-order valence-electron chi connectivity index (χ4n) is 2.10. The lowest BCUT2D eigenvalue weighted by Gasteiger charge is -2.15. The lowest BCUT2D eigenvalue weighted by Crippen LogP contribution is -2.21. The van der Waals surface area contributed by atoms with E-state index >= 15 is 0 Å². The fourth-order valence-corrected chi connectivity index (χ4v) is 2.10. The van der Waals surface area contributed by atoms with Crippen LogP contribution in [0.1, 0.15) is 32.4 Å². The quantitative estimate of drug-likeness (QED) is 0.669. The summed E-state index contributed by atoms with van der Waals surface area (Å²) < 4.78 is 7.38. The van der Waals surface area contributed by atoms with Gasteiger partial charge in [0.15, 0.2) is 0 Å². The summed E-state index contributed by atoms with van der Waals surface area (Å²) in [7, 11) is 1.73. The minimum atomic E-state index is 0.755. The van der Waals surface area contributed by atoms with Crippen molar-refractivity contribution in [3.8, 4) is 0 Å². The standard InChI is InChI=1S/C14H26N2O/c1-4-6-13(2)12-16-9-5-7-14(16)11-15-8-10-17-3/h5,7,9,13,15H,4,6,8,10-12H2,1-3H3. The number of nitrogens with one attached hydrogen (secondary N) is 1. The summed E-state index contributed by atoms with van der Waals surface area (Å²) in [6.45, 7) is 8.31. The first kappa shape index (κ1) is 14.3. The van der Waals surface area contributed by atoms with Crippen molar-refractivity contribution in [1.29, 1.82) is 0 Å². The molecule has 0 saturated carbocycles. The van der Waals surface area contributed by atoms with Crippen molar-refractivity contribution in [2.45, 2.75) is 39.8 Å². The molecule has 3 heteroatoms. The summed E-state index contributed by atoms with van der Waals surface area (Å²) >= 11 is 0. The van der Waals surface area contributed by atoms with Crippen molar-refractivity contribution < 1.29 is 4.74 Å². The second-order valence-electron chi connectivity index (χ2n) is 4.72. The van der Waals surface area contributed by atoms with Gasteiger partial charge in [-0.25, -0.2) is 0 Å². The second kappa shape index (κ2) is 8.31. The number of aromatic nitrogens is 1. The highest BCUT2D eigenvalue weighted by molar-refractivity contribution is 5.07. The Hall–Kier alpha value is -0.800. The molecule has 0 saturated heterocycles. The van der Waals surface area contributed by atoms with Gasteiger partial charge in [0, 0.05) is 38.6 Å². The Kier molecular flexibility index (Phi) is 6.97. The Morgan fingerprint density at radius 1 is 1.47 bits per heavy atom. The van der Waals surface area contributed by atoms with Crippen LogP contribution < -0.4 is 5.32 Å². The minimum Gasteiger partial charge on any atom is -0.383 e. The first-order valence-electron chi connectivity index (χ1n) is 6.61. The SMILES string of the molecule is CCCC(C)Cn1cccc1CNCCOC. The normalized spacial score (nSPS) is 12.9. The maximum absolute atomic E-state index is 5.02. The van der Waals surface area contributed by atoms with E-state index < -0.39 is 0 Å². The molecule has 1 unspecified atom stereocenters. The molecule has 1 atom stereocenters. The molecular formula is C14H26N2O. The molecule has 0 aliphatic carbocycles. The predicted octanol–water partition coefficient (Wildman–Crippen LogP) is 2.66. The lowest BCUT2D eigenvalue weighted by atomic mass is 10.1. The van der Waals surface area contributed by atoms with Gasteiger partial charge in [0.05, 0.1) is 6.61 Å². The van der Waals surface area contributed by atoms with E-state index in [9.17, 15) is 0 Å². The summed E-state index contributed by atoms with van der Waals surface area (Å²) in [5.41, 5.74) is 1.36. The third-order valence-corrected chi connectivity index (χ3v) is 3.00. The molecule has 0 fully saturated rings. The van der Waals surface area contributed by atoms with E-state index in [1.807, 2.05) is 0 Å². The van der Waals surface area contributed by atoms with Crippen LogP contribution in [-0.2, 0) is 17.8 Å². The molecule has 1 heterocycles. The zero-order valence-electron chi connectivity index (χ0n) is 11.4. The molecule has 0 aliphatic rings. The van der Waals surface area contributed by atoms with Crippen LogP contribution in [0.25, 0.3) is 0 Å². The Labute approximate surface area is 105 Å². The van der Waals surface area contributed by atoms with Crippen molar-refractivity contribution in [1.82, 2.24) is 9.88 Å².